The van der Waals surface area contributed by atoms with Gasteiger partial charge in [0.25, 0.3) is 0 Å². The van der Waals surface area contributed by atoms with E-state index in [1.54, 1.807) is 6.07 Å². The Morgan fingerprint density at radius 3 is 2.47 bits per heavy atom. The van der Waals surface area contributed by atoms with E-state index in [0.717, 1.165) is 37.4 Å². The number of halogens is 3. The molecule has 1 unspecified atom stereocenters. The Kier molecular flexibility index (Phi) is 6.35. The minimum Gasteiger partial charge on any atom is -0.314 e. The molecule has 19 heavy (non-hydrogen) atoms. The van der Waals surface area contributed by atoms with Crippen LogP contribution in [0.2, 0.25) is 0 Å². The Bertz CT molecular complexity index is 374. The van der Waals surface area contributed by atoms with E-state index < -0.39 is 11.7 Å². The minimum atomic E-state index is -4.26. The first-order chi connectivity index (χ1) is 8.97. The van der Waals surface area contributed by atoms with Crippen molar-refractivity contribution < 1.29 is 13.2 Å². The summed E-state index contributed by atoms with van der Waals surface area (Å²) in [5.74, 6) is 0. The highest BCUT2D eigenvalue weighted by Gasteiger charge is 2.30. The van der Waals surface area contributed by atoms with Crippen LogP contribution in [-0.2, 0) is 12.6 Å². The van der Waals surface area contributed by atoms with Gasteiger partial charge >= 0.3 is 6.18 Å². The molecule has 0 aromatic heterocycles. The molecule has 0 radical (unpaired) electrons. The van der Waals surface area contributed by atoms with Crippen molar-refractivity contribution in [2.75, 3.05) is 6.54 Å². The maximum absolute atomic E-state index is 12.6. The normalized spacial score (nSPS) is 13.5. The summed E-state index contributed by atoms with van der Waals surface area (Å²) in [5, 5.41) is 3.40. The third kappa shape index (κ3) is 5.64. The zero-order chi connectivity index (χ0) is 14.3. The topological polar surface area (TPSA) is 12.0 Å². The first-order valence-electron chi connectivity index (χ1n) is 6.86. The van der Waals surface area contributed by atoms with Gasteiger partial charge in [-0.15, -0.1) is 0 Å². The molecule has 1 aromatic rings. The van der Waals surface area contributed by atoms with Crippen molar-refractivity contribution in [2.45, 2.75) is 51.7 Å². The van der Waals surface area contributed by atoms with Gasteiger partial charge in [-0.1, -0.05) is 38.5 Å². The summed E-state index contributed by atoms with van der Waals surface area (Å²) in [4.78, 5) is 0. The van der Waals surface area contributed by atoms with Crippen molar-refractivity contribution in [3.63, 3.8) is 0 Å². The third-order valence-electron chi connectivity index (χ3n) is 3.06. The average Bonchev–Trinajstić information content (AvgIpc) is 2.35. The number of benzene rings is 1. The van der Waals surface area contributed by atoms with Gasteiger partial charge in [-0.2, -0.15) is 13.2 Å². The smallest absolute Gasteiger partial charge is 0.314 e. The lowest BCUT2D eigenvalue weighted by Gasteiger charge is -2.18. The third-order valence-corrected chi connectivity index (χ3v) is 3.06. The summed E-state index contributed by atoms with van der Waals surface area (Å²) in [6, 6.07) is 5.90. The lowest BCUT2D eigenvalue weighted by molar-refractivity contribution is -0.137. The second-order valence-electron chi connectivity index (χ2n) is 4.84. The summed E-state index contributed by atoms with van der Waals surface area (Å²) in [6.07, 6.45) is -0.565. The summed E-state index contributed by atoms with van der Waals surface area (Å²) in [7, 11) is 0. The largest absolute Gasteiger partial charge is 0.416 e. The number of hydrogen-bond acceptors (Lipinski definition) is 1. The maximum Gasteiger partial charge on any atom is 0.416 e. The van der Waals surface area contributed by atoms with Gasteiger partial charge in [0.2, 0.25) is 0 Å². The zero-order valence-corrected chi connectivity index (χ0v) is 11.6. The molecule has 1 rings (SSSR count). The monoisotopic (exact) mass is 273 g/mol. The second-order valence-corrected chi connectivity index (χ2v) is 4.84. The van der Waals surface area contributed by atoms with Gasteiger partial charge in [-0.3, -0.25) is 0 Å². The molecule has 1 N–H and O–H groups in total. The van der Waals surface area contributed by atoms with Gasteiger partial charge in [0.1, 0.15) is 0 Å². The van der Waals surface area contributed by atoms with E-state index in [-0.39, 0.29) is 6.04 Å². The molecule has 0 saturated carbocycles. The first kappa shape index (κ1) is 16.0. The van der Waals surface area contributed by atoms with Gasteiger partial charge < -0.3 is 5.32 Å². The quantitative estimate of drug-likeness (QED) is 0.775. The molecule has 0 fully saturated rings. The summed E-state index contributed by atoms with van der Waals surface area (Å²) in [5.41, 5.74) is 0.188. The fraction of sp³-hybridized carbons (Fsp3) is 0.600. The Morgan fingerprint density at radius 2 is 1.89 bits per heavy atom. The van der Waals surface area contributed by atoms with E-state index in [9.17, 15) is 13.2 Å². The van der Waals surface area contributed by atoms with E-state index in [4.69, 9.17) is 0 Å². The Balaban J connectivity index is 2.73. The van der Waals surface area contributed by atoms with Crippen LogP contribution in [0.15, 0.2) is 24.3 Å². The molecule has 1 nitrogen and oxygen atoms in total. The predicted molar refractivity (Wildman–Crippen MR) is 72.1 cm³/mol. The number of rotatable bonds is 7. The maximum atomic E-state index is 12.6. The van der Waals surface area contributed by atoms with E-state index in [0.29, 0.717) is 6.42 Å². The molecule has 0 bridgehead atoms. The van der Waals surface area contributed by atoms with Gasteiger partial charge in [0.15, 0.2) is 0 Å². The lowest BCUT2D eigenvalue weighted by atomic mass is 10.00. The average molecular weight is 273 g/mol. The van der Waals surface area contributed by atoms with Crippen LogP contribution in [0, 0.1) is 0 Å². The van der Waals surface area contributed by atoms with Gasteiger partial charge in [-0.25, -0.2) is 0 Å². The van der Waals surface area contributed by atoms with Crippen LogP contribution in [0.5, 0.6) is 0 Å². The van der Waals surface area contributed by atoms with Crippen molar-refractivity contribution in [1.29, 1.82) is 0 Å². The van der Waals surface area contributed by atoms with Gasteiger partial charge in [0, 0.05) is 6.04 Å². The molecule has 0 aliphatic rings. The molecule has 4 heteroatoms. The van der Waals surface area contributed by atoms with Crippen LogP contribution < -0.4 is 5.32 Å². The lowest BCUT2D eigenvalue weighted by Crippen LogP contribution is -2.31. The molecular weight excluding hydrogens is 251 g/mol. The fourth-order valence-electron chi connectivity index (χ4n) is 2.13. The predicted octanol–water partition coefficient (Wildman–Crippen LogP) is 4.42. The minimum absolute atomic E-state index is 0.258. The van der Waals surface area contributed by atoms with E-state index in [1.807, 2.05) is 0 Å². The number of nitrogens with one attached hydrogen (secondary N) is 1. The molecule has 0 saturated heterocycles. The van der Waals surface area contributed by atoms with Crippen LogP contribution in [0.4, 0.5) is 13.2 Å². The van der Waals surface area contributed by atoms with Crippen LogP contribution in [0.3, 0.4) is 0 Å². The van der Waals surface area contributed by atoms with E-state index in [2.05, 4.69) is 19.2 Å². The van der Waals surface area contributed by atoms with Crippen LogP contribution in [0.25, 0.3) is 0 Å². The second kappa shape index (κ2) is 7.53. The fourth-order valence-corrected chi connectivity index (χ4v) is 2.13. The first-order valence-corrected chi connectivity index (χ1v) is 6.86. The molecule has 0 aliphatic carbocycles. The molecule has 1 atom stereocenters. The van der Waals surface area contributed by atoms with E-state index >= 15 is 0 Å². The Morgan fingerprint density at radius 1 is 1.16 bits per heavy atom. The summed E-state index contributed by atoms with van der Waals surface area (Å²) < 4.78 is 37.9. The van der Waals surface area contributed by atoms with Crippen molar-refractivity contribution in [3.8, 4) is 0 Å². The van der Waals surface area contributed by atoms with Crippen molar-refractivity contribution in [3.05, 3.63) is 35.4 Å². The van der Waals surface area contributed by atoms with Crippen LogP contribution in [-0.4, -0.2) is 12.6 Å². The van der Waals surface area contributed by atoms with Crippen molar-refractivity contribution >= 4 is 0 Å². The summed E-state index contributed by atoms with van der Waals surface area (Å²) >= 11 is 0. The summed E-state index contributed by atoms with van der Waals surface area (Å²) in [6.45, 7) is 5.08. The molecule has 0 aliphatic heterocycles. The highest BCUT2D eigenvalue weighted by Crippen LogP contribution is 2.29. The van der Waals surface area contributed by atoms with Gasteiger partial charge in [0.05, 0.1) is 5.56 Å². The number of alkyl halides is 3. The molecule has 0 amide bonds. The van der Waals surface area contributed by atoms with E-state index in [1.165, 1.54) is 12.1 Å². The highest BCUT2D eigenvalue weighted by molar-refractivity contribution is 5.26. The van der Waals surface area contributed by atoms with Crippen molar-refractivity contribution in [2.24, 2.45) is 0 Å². The molecule has 1 aromatic carbocycles. The molecular formula is C15H22F3N. The van der Waals surface area contributed by atoms with Gasteiger partial charge in [-0.05, 0) is 37.4 Å². The zero-order valence-electron chi connectivity index (χ0n) is 11.6. The molecule has 108 valence electrons. The van der Waals surface area contributed by atoms with Crippen LogP contribution in [0.1, 0.15) is 44.2 Å². The van der Waals surface area contributed by atoms with Crippen LogP contribution >= 0.6 is 0 Å². The Hall–Kier alpha value is -1.03. The van der Waals surface area contributed by atoms with Crippen molar-refractivity contribution in [1.82, 2.24) is 5.32 Å². The molecule has 0 spiro atoms. The molecule has 0 heterocycles. The highest BCUT2D eigenvalue weighted by atomic mass is 19.4. The SMILES string of the molecule is CCCNC(CCC)Cc1cccc(C(F)(F)F)c1. The Labute approximate surface area is 113 Å². The number of hydrogen-bond donors (Lipinski definition) is 1. The standard InChI is InChI=1S/C15H22F3N/c1-3-6-14(19-9-4-2)11-12-7-5-8-13(10-12)15(16,17)18/h5,7-8,10,14,19H,3-4,6,9,11H2,1-2H3.